The van der Waals surface area contributed by atoms with Gasteiger partial charge in [0, 0.05) is 23.5 Å². The van der Waals surface area contributed by atoms with E-state index in [4.69, 9.17) is 4.74 Å². The minimum atomic E-state index is -0.165. The van der Waals surface area contributed by atoms with E-state index < -0.39 is 0 Å². The maximum Gasteiger partial charge on any atom is 0.268 e. The van der Waals surface area contributed by atoms with Crippen molar-refractivity contribution in [1.82, 2.24) is 14.8 Å². The number of aromatic nitrogens is 1. The second-order valence-corrected chi connectivity index (χ2v) is 11.2. The molecule has 1 N–H and O–H groups in total. The van der Waals surface area contributed by atoms with Crippen LogP contribution >= 0.6 is 0 Å². The highest BCUT2D eigenvalue weighted by molar-refractivity contribution is 6.23. The van der Waals surface area contributed by atoms with E-state index in [0.717, 1.165) is 56.0 Å². The Morgan fingerprint density at radius 1 is 0.846 bits per heavy atom. The monoisotopic (exact) mass is 529 g/mol. The van der Waals surface area contributed by atoms with Crippen LogP contribution in [0.2, 0.25) is 0 Å². The Morgan fingerprint density at radius 2 is 1.51 bits per heavy atom. The summed E-state index contributed by atoms with van der Waals surface area (Å²) >= 11 is 0. The lowest BCUT2D eigenvalue weighted by Crippen LogP contribution is -2.37. The first-order chi connectivity index (χ1) is 19.2. The van der Waals surface area contributed by atoms with Crippen molar-refractivity contribution in [3.63, 3.8) is 0 Å². The summed E-state index contributed by atoms with van der Waals surface area (Å²) in [5, 5.41) is 4.19. The third-order valence-corrected chi connectivity index (χ3v) is 8.51. The van der Waals surface area contributed by atoms with Gasteiger partial charge in [0.05, 0.1) is 18.2 Å². The topological polar surface area (TPSA) is 63.6 Å². The predicted octanol–water partition coefficient (Wildman–Crippen LogP) is 6.60. The number of aryl methyl sites for hydroxylation is 1. The zero-order valence-electron chi connectivity index (χ0n) is 23.4. The molecular formula is C33H43N3O3. The summed E-state index contributed by atoms with van der Waals surface area (Å²) in [4.78, 5) is 30.9. The maximum atomic E-state index is 14.2. The fraction of sp³-hybridized carbons (Fsp3) is 0.515. The lowest BCUT2D eigenvalue weighted by atomic mass is 9.96. The smallest absolute Gasteiger partial charge is 0.268 e. The number of hydrogen-bond acceptors (Lipinski definition) is 4. The van der Waals surface area contributed by atoms with Crippen LogP contribution in [-0.4, -0.2) is 53.9 Å². The van der Waals surface area contributed by atoms with E-state index in [0.29, 0.717) is 29.1 Å². The number of amides is 1. The average Bonchev–Trinajstić information content (AvgIpc) is 3.58. The van der Waals surface area contributed by atoms with E-state index in [-0.39, 0.29) is 17.7 Å². The molecule has 1 aliphatic carbocycles. The molecule has 1 saturated carbocycles. The molecule has 0 unspecified atom stereocenters. The molecule has 5 rings (SSSR count). The van der Waals surface area contributed by atoms with E-state index in [9.17, 15) is 9.59 Å². The van der Waals surface area contributed by atoms with E-state index in [1.165, 1.54) is 45.2 Å². The van der Waals surface area contributed by atoms with Crippen molar-refractivity contribution in [2.75, 3.05) is 26.7 Å². The average molecular weight is 530 g/mol. The molecular weight excluding hydrogens is 486 g/mol. The number of hydrogen-bond donors (Lipinski definition) is 1. The number of ether oxygens (including phenoxy) is 1. The molecule has 1 saturated heterocycles. The van der Waals surface area contributed by atoms with Gasteiger partial charge in [0.25, 0.3) is 5.91 Å². The predicted molar refractivity (Wildman–Crippen MR) is 157 cm³/mol. The van der Waals surface area contributed by atoms with Crippen LogP contribution in [0.1, 0.15) is 97.0 Å². The summed E-state index contributed by atoms with van der Waals surface area (Å²) in [7, 11) is 1.58. The van der Waals surface area contributed by atoms with Gasteiger partial charge in [-0.2, -0.15) is 0 Å². The Balaban J connectivity index is 1.51. The van der Waals surface area contributed by atoms with E-state index in [2.05, 4.69) is 14.8 Å². The summed E-state index contributed by atoms with van der Waals surface area (Å²) in [6, 6.07) is 15.4. The van der Waals surface area contributed by atoms with E-state index in [1.54, 1.807) is 19.2 Å². The molecule has 3 aromatic rings. The lowest BCUT2D eigenvalue weighted by molar-refractivity contribution is 0.0911. The molecule has 0 radical (unpaired) electrons. The minimum absolute atomic E-state index is 0.130. The van der Waals surface area contributed by atoms with E-state index >= 15 is 0 Å². The first-order valence-corrected chi connectivity index (χ1v) is 15.0. The van der Waals surface area contributed by atoms with Crippen molar-refractivity contribution in [1.29, 1.82) is 0 Å². The Labute approximate surface area is 232 Å². The van der Waals surface area contributed by atoms with Crippen LogP contribution in [0.25, 0.3) is 10.9 Å². The molecule has 2 heterocycles. The van der Waals surface area contributed by atoms with Gasteiger partial charge in [0.15, 0.2) is 5.78 Å². The van der Waals surface area contributed by atoms with Gasteiger partial charge in [-0.25, -0.2) is 0 Å². The second-order valence-electron chi connectivity index (χ2n) is 11.2. The first kappa shape index (κ1) is 27.4. The van der Waals surface area contributed by atoms with Gasteiger partial charge >= 0.3 is 0 Å². The van der Waals surface area contributed by atoms with Crippen LogP contribution in [0.4, 0.5) is 0 Å². The van der Waals surface area contributed by atoms with Crippen molar-refractivity contribution in [2.24, 2.45) is 0 Å². The van der Waals surface area contributed by atoms with Crippen molar-refractivity contribution in [3.8, 4) is 5.75 Å². The second kappa shape index (κ2) is 13.3. The molecule has 2 aliphatic rings. The fourth-order valence-corrected chi connectivity index (χ4v) is 6.43. The molecule has 0 atom stereocenters. The zero-order chi connectivity index (χ0) is 27.0. The highest BCUT2D eigenvalue weighted by atomic mass is 16.5. The number of nitrogens with one attached hydrogen (secondary N) is 1. The van der Waals surface area contributed by atoms with Crippen molar-refractivity contribution >= 4 is 22.6 Å². The number of fused-ring (bicyclic) bond motifs is 1. The Bertz CT molecular complexity index is 1270. The van der Waals surface area contributed by atoms with Gasteiger partial charge < -0.3 is 19.5 Å². The molecule has 6 heteroatoms. The van der Waals surface area contributed by atoms with Crippen LogP contribution in [0.5, 0.6) is 5.75 Å². The number of carbonyl (C=O) groups is 2. The molecule has 0 spiro atoms. The minimum Gasteiger partial charge on any atom is -0.496 e. The van der Waals surface area contributed by atoms with Crippen LogP contribution < -0.4 is 10.1 Å². The number of likely N-dealkylation sites (tertiary alicyclic amines) is 1. The Hall–Kier alpha value is -3.12. The number of carbonyl (C=O) groups excluding carboxylic acids is 2. The van der Waals surface area contributed by atoms with Crippen molar-refractivity contribution in [3.05, 3.63) is 65.4 Å². The van der Waals surface area contributed by atoms with Crippen LogP contribution in [0.15, 0.2) is 48.5 Å². The summed E-state index contributed by atoms with van der Waals surface area (Å²) in [5.74, 6) is 0.230. The fourth-order valence-electron chi connectivity index (χ4n) is 6.43. The van der Waals surface area contributed by atoms with Gasteiger partial charge in [0.2, 0.25) is 0 Å². The van der Waals surface area contributed by atoms with Gasteiger partial charge in [0.1, 0.15) is 11.4 Å². The summed E-state index contributed by atoms with van der Waals surface area (Å²) < 4.78 is 7.66. The van der Waals surface area contributed by atoms with Crippen LogP contribution in [0.3, 0.4) is 0 Å². The van der Waals surface area contributed by atoms with Gasteiger partial charge in [-0.1, -0.05) is 62.4 Å². The summed E-state index contributed by atoms with van der Waals surface area (Å²) in [6.45, 7) is 4.19. The van der Waals surface area contributed by atoms with Crippen molar-refractivity contribution in [2.45, 2.75) is 83.2 Å². The number of methoxy groups -OCH3 is 1. The number of para-hydroxylation sites is 2. The number of nitrogens with zero attached hydrogens (tertiary/aromatic N) is 2. The number of ketones is 1. The summed E-state index contributed by atoms with van der Waals surface area (Å²) in [6.07, 6.45) is 12.6. The standard InChI is InChI=1S/C33H43N3O3/c1-39-29-20-10-8-18-27(29)32(37)30-26-17-7-9-19-28(26)36(24-14-13-23-35-21-11-12-22-35)31(30)33(38)34-25-15-5-3-2-4-6-16-25/h7-10,17-20,25H,2-6,11-16,21-24H2,1H3,(H,34,38). The third-order valence-electron chi connectivity index (χ3n) is 8.51. The quantitative estimate of drug-likeness (QED) is 0.237. The van der Waals surface area contributed by atoms with Gasteiger partial charge in [-0.05, 0) is 76.4 Å². The molecule has 39 heavy (non-hydrogen) atoms. The molecule has 1 amide bonds. The molecule has 1 aromatic heterocycles. The lowest BCUT2D eigenvalue weighted by Gasteiger charge is -2.22. The molecule has 1 aliphatic heterocycles. The molecule has 0 bridgehead atoms. The highest BCUT2D eigenvalue weighted by Gasteiger charge is 2.30. The first-order valence-electron chi connectivity index (χ1n) is 15.0. The molecule has 2 aromatic carbocycles. The number of unbranched alkanes of at least 4 members (excludes halogenated alkanes) is 1. The van der Waals surface area contributed by atoms with Gasteiger partial charge in [-0.15, -0.1) is 0 Å². The Kier molecular flexibility index (Phi) is 9.36. The van der Waals surface area contributed by atoms with Crippen LogP contribution in [-0.2, 0) is 6.54 Å². The molecule has 208 valence electrons. The normalized spacial score (nSPS) is 17.2. The van der Waals surface area contributed by atoms with Gasteiger partial charge in [-0.3, -0.25) is 9.59 Å². The van der Waals surface area contributed by atoms with E-state index in [1.807, 2.05) is 36.4 Å². The zero-order valence-corrected chi connectivity index (χ0v) is 23.4. The number of benzene rings is 2. The summed E-state index contributed by atoms with van der Waals surface area (Å²) in [5.41, 5.74) is 2.41. The number of rotatable bonds is 10. The maximum absolute atomic E-state index is 14.2. The Morgan fingerprint density at radius 3 is 2.28 bits per heavy atom. The molecule has 2 fully saturated rings. The van der Waals surface area contributed by atoms with Crippen molar-refractivity contribution < 1.29 is 14.3 Å². The SMILES string of the molecule is COc1ccccc1C(=O)c1c(C(=O)NC2CCCCCCC2)n(CCCCN2CCCC2)c2ccccc12. The highest BCUT2D eigenvalue weighted by Crippen LogP contribution is 2.32. The largest absolute Gasteiger partial charge is 0.496 e. The third kappa shape index (κ3) is 6.38. The molecule has 6 nitrogen and oxygen atoms in total. The van der Waals surface area contributed by atoms with Crippen LogP contribution in [0, 0.1) is 0 Å².